The largest absolute Gasteiger partial charge is 0.469 e. The van der Waals surface area contributed by atoms with E-state index in [-0.39, 0.29) is 42.5 Å². The predicted molar refractivity (Wildman–Crippen MR) is 173 cm³/mol. The van der Waals surface area contributed by atoms with Gasteiger partial charge in [-0.2, -0.15) is 0 Å². The molecular weight excluding hydrogens is 572 g/mol. The lowest BCUT2D eigenvalue weighted by atomic mass is 10.00. The first-order chi connectivity index (χ1) is 21.4. The summed E-state index contributed by atoms with van der Waals surface area (Å²) in [7, 11) is 2.74. The Bertz CT molecular complexity index is 1810. The zero-order chi connectivity index (χ0) is 33.0. The van der Waals surface area contributed by atoms with E-state index in [9.17, 15) is 19.2 Å². The van der Waals surface area contributed by atoms with Crippen molar-refractivity contribution in [2.45, 2.75) is 73.6 Å². The van der Waals surface area contributed by atoms with Crippen LogP contribution in [0.2, 0.25) is 0 Å². The molecule has 0 bridgehead atoms. The third kappa shape index (κ3) is 6.84. The Hall–Kier alpha value is -4.73. The third-order valence-corrected chi connectivity index (χ3v) is 8.78. The Balaban J connectivity index is 1.91. The fourth-order valence-electron chi connectivity index (χ4n) is 5.97. The van der Waals surface area contributed by atoms with Gasteiger partial charge in [-0.25, -0.2) is 4.99 Å². The van der Waals surface area contributed by atoms with Crippen LogP contribution in [-0.2, 0) is 41.5 Å². The van der Waals surface area contributed by atoms with E-state index in [1.807, 2.05) is 65.8 Å². The Kier molecular flexibility index (Phi) is 10.3. The lowest BCUT2D eigenvalue weighted by molar-refractivity contribution is -0.141. The number of ether oxygens (including phenoxy) is 2. The molecule has 4 heterocycles. The van der Waals surface area contributed by atoms with Crippen LogP contribution in [0.25, 0.3) is 18.2 Å². The van der Waals surface area contributed by atoms with Gasteiger partial charge in [0.2, 0.25) is 5.91 Å². The number of nitrogens with one attached hydrogen (secondary N) is 3. The summed E-state index contributed by atoms with van der Waals surface area (Å²) in [6.45, 7) is 11.6. The minimum atomic E-state index is -0.319. The summed E-state index contributed by atoms with van der Waals surface area (Å²) < 4.78 is 9.83. The van der Waals surface area contributed by atoms with Gasteiger partial charge in [-0.3, -0.25) is 19.2 Å². The molecule has 238 valence electrons. The molecular formula is C35H42N4O6. The van der Waals surface area contributed by atoms with Crippen molar-refractivity contribution >= 4 is 47.7 Å². The van der Waals surface area contributed by atoms with Crippen LogP contribution >= 0.6 is 0 Å². The van der Waals surface area contributed by atoms with Crippen LogP contribution in [0.15, 0.2) is 33.5 Å². The number of allylic oxidation sites excluding steroid dienone is 3. The molecule has 2 aromatic rings. The first-order valence-corrected chi connectivity index (χ1v) is 15.2. The highest BCUT2D eigenvalue weighted by Crippen LogP contribution is 2.29. The van der Waals surface area contributed by atoms with Gasteiger partial charge in [0.1, 0.15) is 0 Å². The number of hydrogen-bond donors (Lipinski definition) is 3. The summed E-state index contributed by atoms with van der Waals surface area (Å²) in [5.74, 6) is -1.15. The van der Waals surface area contributed by atoms with E-state index in [0.29, 0.717) is 30.5 Å². The molecule has 0 aliphatic carbocycles. The standard InChI is InChI=1S/C35H42N4O6/c1-9-22-21(6)34(42)39-29(22)16-27-20(5)25(12-14-33(41)45-8)31(37-27)17-30-24(11-13-32(40)44-7)19(4)26(36-30)15-28-18(3)23(10-2)35(43)38-28/h9,15-17,21,36-37H,10-14H2,1-8H3,(H,39,42). The molecule has 2 aromatic heterocycles. The number of aliphatic imine (C=N–C) groups is 1. The predicted octanol–water partition coefficient (Wildman–Crippen LogP) is 3.54. The zero-order valence-corrected chi connectivity index (χ0v) is 27.3. The highest BCUT2D eigenvalue weighted by Gasteiger charge is 2.29. The number of methoxy groups -OCH3 is 2. The van der Waals surface area contributed by atoms with Crippen molar-refractivity contribution < 1.29 is 28.7 Å². The van der Waals surface area contributed by atoms with E-state index in [2.05, 4.69) is 20.3 Å². The van der Waals surface area contributed by atoms with Gasteiger partial charge >= 0.3 is 11.9 Å². The molecule has 1 fully saturated rings. The molecule has 1 unspecified atom stereocenters. The molecule has 3 N–H and O–H groups in total. The van der Waals surface area contributed by atoms with Crippen molar-refractivity contribution in [2.75, 3.05) is 14.2 Å². The molecule has 0 spiro atoms. The summed E-state index contributed by atoms with van der Waals surface area (Å²) in [6.07, 6.45) is 9.57. The van der Waals surface area contributed by atoms with Gasteiger partial charge in [-0.15, -0.1) is 0 Å². The number of carbonyl (C=O) groups excluding carboxylic acids is 4. The van der Waals surface area contributed by atoms with Crippen LogP contribution < -0.4 is 16.0 Å². The van der Waals surface area contributed by atoms with Crippen molar-refractivity contribution in [3.8, 4) is 0 Å². The molecule has 1 saturated heterocycles. The van der Waals surface area contributed by atoms with E-state index in [0.717, 1.165) is 61.2 Å². The van der Waals surface area contributed by atoms with Crippen LogP contribution in [0.4, 0.5) is 0 Å². The minimum absolute atomic E-state index is 0.0538. The maximum absolute atomic E-state index is 12.4. The van der Waals surface area contributed by atoms with E-state index < -0.39 is 0 Å². The third-order valence-electron chi connectivity index (χ3n) is 8.78. The zero-order valence-electron chi connectivity index (χ0n) is 27.3. The van der Waals surface area contributed by atoms with Crippen molar-refractivity contribution in [3.05, 3.63) is 72.8 Å². The summed E-state index contributed by atoms with van der Waals surface area (Å²) in [4.78, 5) is 60.4. The van der Waals surface area contributed by atoms with Gasteiger partial charge in [0.25, 0.3) is 5.91 Å². The van der Waals surface area contributed by atoms with Gasteiger partial charge in [0.05, 0.1) is 25.8 Å². The number of aromatic nitrogens is 2. The van der Waals surface area contributed by atoms with Crippen molar-refractivity contribution in [1.82, 2.24) is 15.3 Å². The lowest BCUT2D eigenvalue weighted by Crippen LogP contribution is -2.16. The second-order valence-electron chi connectivity index (χ2n) is 11.3. The van der Waals surface area contributed by atoms with E-state index >= 15 is 0 Å². The summed E-state index contributed by atoms with van der Waals surface area (Å²) in [6, 6.07) is 0. The quantitative estimate of drug-likeness (QED) is 0.350. The highest BCUT2D eigenvalue weighted by molar-refractivity contribution is 6.30. The topological polar surface area (TPSA) is 143 Å². The van der Waals surface area contributed by atoms with Gasteiger partial charge in [0.15, 0.2) is 0 Å². The number of H-pyrrole nitrogens is 2. The second kappa shape index (κ2) is 13.9. The van der Waals surface area contributed by atoms with Crippen LogP contribution in [0.1, 0.15) is 80.6 Å². The molecule has 2 aliphatic rings. The van der Waals surface area contributed by atoms with Crippen molar-refractivity contribution in [2.24, 2.45) is 10.9 Å². The molecule has 0 radical (unpaired) electrons. The monoisotopic (exact) mass is 614 g/mol. The van der Waals surface area contributed by atoms with Crippen LogP contribution in [0.3, 0.4) is 0 Å². The van der Waals surface area contributed by atoms with Gasteiger partial charge < -0.3 is 24.8 Å². The van der Waals surface area contributed by atoms with Crippen molar-refractivity contribution in [3.63, 3.8) is 0 Å². The number of amides is 2. The molecule has 0 saturated carbocycles. The SMILES string of the molecule is CC=C1C(=Cc2[nH]c(C=c3[nH]c(=CC4=NC(=O)C(CC)=C4C)c(C)c3CCC(=O)OC)c(CCC(=O)OC)c2C)NC(=O)C1C. The van der Waals surface area contributed by atoms with Gasteiger partial charge in [-0.05, 0) is 106 Å². The average Bonchev–Trinajstić information content (AvgIpc) is 3.66. The molecule has 10 heteroatoms. The normalized spacial score (nSPS) is 19.3. The molecule has 2 amide bonds. The fourth-order valence-corrected chi connectivity index (χ4v) is 5.97. The Morgan fingerprint density at radius 3 is 2.09 bits per heavy atom. The smallest absolute Gasteiger partial charge is 0.305 e. The number of rotatable bonds is 10. The lowest BCUT2D eigenvalue weighted by Gasteiger charge is -2.04. The van der Waals surface area contributed by atoms with E-state index in [4.69, 9.17) is 9.47 Å². The second-order valence-corrected chi connectivity index (χ2v) is 11.3. The fraction of sp³-hybridized carbons (Fsp3) is 0.400. The molecule has 0 aromatic carbocycles. The summed E-state index contributed by atoms with van der Waals surface area (Å²) >= 11 is 0. The first-order valence-electron chi connectivity index (χ1n) is 15.2. The van der Waals surface area contributed by atoms with E-state index in [1.165, 1.54) is 14.2 Å². The van der Waals surface area contributed by atoms with Crippen LogP contribution in [0, 0.1) is 19.8 Å². The maximum Gasteiger partial charge on any atom is 0.305 e. The first kappa shape index (κ1) is 33.2. The molecule has 10 nitrogen and oxygen atoms in total. The average molecular weight is 615 g/mol. The summed E-state index contributed by atoms with van der Waals surface area (Å²) in [5.41, 5.74) is 9.15. The molecule has 4 rings (SSSR count). The number of esters is 2. The molecule has 2 aliphatic heterocycles. The van der Waals surface area contributed by atoms with Gasteiger partial charge in [0, 0.05) is 46.2 Å². The summed E-state index contributed by atoms with van der Waals surface area (Å²) in [5, 5.41) is 4.54. The number of nitrogens with zero attached hydrogens (tertiary/aromatic N) is 1. The van der Waals surface area contributed by atoms with Crippen LogP contribution in [0.5, 0.6) is 0 Å². The molecule has 45 heavy (non-hydrogen) atoms. The number of carbonyl (C=O) groups is 4. The minimum Gasteiger partial charge on any atom is -0.469 e. The van der Waals surface area contributed by atoms with E-state index in [1.54, 1.807) is 0 Å². The van der Waals surface area contributed by atoms with Gasteiger partial charge in [-0.1, -0.05) is 13.0 Å². The number of hydrogen-bond acceptors (Lipinski definition) is 6. The van der Waals surface area contributed by atoms with Crippen LogP contribution in [-0.4, -0.2) is 53.7 Å². The molecule has 1 atom stereocenters. The highest BCUT2D eigenvalue weighted by atomic mass is 16.5. The number of aromatic amines is 2. The van der Waals surface area contributed by atoms with Crippen molar-refractivity contribution in [1.29, 1.82) is 0 Å². The maximum atomic E-state index is 12.4. The Morgan fingerprint density at radius 2 is 1.51 bits per heavy atom. The Labute approximate surface area is 263 Å². The Morgan fingerprint density at radius 1 is 0.867 bits per heavy atom.